The molecule has 190 valence electrons. The Morgan fingerprint density at radius 3 is 2.61 bits per heavy atom. The number of nitro benzene ring substituents is 1. The number of rotatable bonds is 8. The fourth-order valence-electron chi connectivity index (χ4n) is 4.28. The van der Waals surface area contributed by atoms with E-state index in [1.165, 1.54) is 18.4 Å². The Morgan fingerprint density at radius 2 is 1.94 bits per heavy atom. The van der Waals surface area contributed by atoms with Crippen molar-refractivity contribution in [3.63, 3.8) is 0 Å². The average Bonchev–Trinajstić information content (AvgIpc) is 3.42. The molecule has 2 aliphatic rings. The van der Waals surface area contributed by atoms with Gasteiger partial charge in [0, 0.05) is 25.2 Å². The van der Waals surface area contributed by atoms with Crippen molar-refractivity contribution in [2.24, 2.45) is 0 Å². The molecule has 0 bridgehead atoms. The summed E-state index contributed by atoms with van der Waals surface area (Å²) in [6.45, 7) is 2.67. The summed E-state index contributed by atoms with van der Waals surface area (Å²) in [5.74, 6) is -1.25. The minimum Gasteiger partial charge on any atom is -0.467 e. The first-order chi connectivity index (χ1) is 17.4. The number of benzene rings is 1. The molecule has 0 radical (unpaired) electrons. The number of hydrogen-bond acceptors (Lipinski definition) is 9. The lowest BCUT2D eigenvalue weighted by atomic mass is 10.0. The van der Waals surface area contributed by atoms with E-state index in [2.05, 4.69) is 10.6 Å². The van der Waals surface area contributed by atoms with Gasteiger partial charge >= 0.3 is 18.0 Å². The number of esters is 2. The summed E-state index contributed by atoms with van der Waals surface area (Å²) in [6.07, 6.45) is 4.35. The van der Waals surface area contributed by atoms with Crippen molar-refractivity contribution in [1.82, 2.24) is 10.6 Å². The van der Waals surface area contributed by atoms with Gasteiger partial charge in [-0.1, -0.05) is 0 Å². The van der Waals surface area contributed by atoms with Gasteiger partial charge in [-0.2, -0.15) is 0 Å². The van der Waals surface area contributed by atoms with E-state index in [-0.39, 0.29) is 29.1 Å². The van der Waals surface area contributed by atoms with Crippen LogP contribution in [0.5, 0.6) is 0 Å². The van der Waals surface area contributed by atoms with Crippen LogP contribution in [0.25, 0.3) is 0 Å². The number of nitrogens with one attached hydrogen (secondary N) is 2. The Morgan fingerprint density at radius 1 is 1.17 bits per heavy atom. The Labute approximate surface area is 206 Å². The Kier molecular flexibility index (Phi) is 7.52. The van der Waals surface area contributed by atoms with Gasteiger partial charge in [-0.15, -0.1) is 0 Å². The standard InChI is InChI=1S/C24H26N4O8/c1-2-34-23(30)20-17(25-24(31)26-21(20)19-7-6-12-35-19)14-36-22(29)16-13-15(28(32)33)8-9-18(16)27-10-4-3-5-11-27/h6-9,12-13,21H,2-5,10-11,14H2,1H3,(H2,25,26,31). The molecule has 36 heavy (non-hydrogen) atoms. The molecule has 3 heterocycles. The monoisotopic (exact) mass is 498 g/mol. The molecule has 1 aromatic carbocycles. The third kappa shape index (κ3) is 5.32. The normalized spacial score (nSPS) is 17.8. The highest BCUT2D eigenvalue weighted by Gasteiger charge is 2.36. The van der Waals surface area contributed by atoms with E-state index in [0.29, 0.717) is 24.5 Å². The molecule has 0 aliphatic carbocycles. The molecule has 12 nitrogen and oxygen atoms in total. The second-order valence-corrected chi connectivity index (χ2v) is 8.24. The van der Waals surface area contributed by atoms with Gasteiger partial charge in [0.25, 0.3) is 5.69 Å². The van der Waals surface area contributed by atoms with Gasteiger partial charge in [0.05, 0.1) is 40.3 Å². The van der Waals surface area contributed by atoms with Crippen LogP contribution in [0.4, 0.5) is 16.2 Å². The fourth-order valence-corrected chi connectivity index (χ4v) is 4.28. The Bertz CT molecular complexity index is 1180. The lowest BCUT2D eigenvalue weighted by molar-refractivity contribution is -0.384. The molecular formula is C24H26N4O8. The van der Waals surface area contributed by atoms with Crippen LogP contribution < -0.4 is 15.5 Å². The maximum absolute atomic E-state index is 13.2. The number of non-ortho nitro benzene ring substituents is 1. The predicted molar refractivity (Wildman–Crippen MR) is 126 cm³/mol. The van der Waals surface area contributed by atoms with E-state index in [1.54, 1.807) is 25.1 Å². The Hall–Kier alpha value is -4.35. The summed E-state index contributed by atoms with van der Waals surface area (Å²) >= 11 is 0. The molecular weight excluding hydrogens is 472 g/mol. The molecule has 12 heteroatoms. The van der Waals surface area contributed by atoms with Crippen LogP contribution in [0, 0.1) is 10.1 Å². The maximum atomic E-state index is 13.2. The van der Waals surface area contributed by atoms with E-state index in [9.17, 15) is 24.5 Å². The molecule has 0 spiro atoms. The van der Waals surface area contributed by atoms with Gasteiger partial charge < -0.3 is 29.4 Å². The molecule has 1 aromatic heterocycles. The van der Waals surface area contributed by atoms with Crippen LogP contribution in [0.1, 0.15) is 48.3 Å². The molecule has 1 saturated heterocycles. The van der Waals surface area contributed by atoms with Gasteiger partial charge in [0.15, 0.2) is 0 Å². The van der Waals surface area contributed by atoms with Crippen molar-refractivity contribution in [2.45, 2.75) is 32.2 Å². The van der Waals surface area contributed by atoms with Crippen LogP contribution in [0.15, 0.2) is 52.3 Å². The van der Waals surface area contributed by atoms with E-state index >= 15 is 0 Å². The minimum atomic E-state index is -0.955. The number of urea groups is 1. The number of piperidine rings is 1. The number of furan rings is 1. The largest absolute Gasteiger partial charge is 0.467 e. The maximum Gasteiger partial charge on any atom is 0.340 e. The van der Waals surface area contributed by atoms with Gasteiger partial charge in [0.1, 0.15) is 18.4 Å². The molecule has 4 rings (SSSR count). The zero-order chi connectivity index (χ0) is 25.7. The number of hydrogen-bond donors (Lipinski definition) is 2. The number of nitrogens with zero attached hydrogens (tertiary/aromatic N) is 2. The SMILES string of the molecule is CCOC(=O)C1=C(COC(=O)c2cc([N+](=O)[O-])ccc2N2CCCCC2)NC(=O)NC1c1ccco1. The van der Waals surface area contributed by atoms with Crippen molar-refractivity contribution in [3.8, 4) is 0 Å². The van der Waals surface area contributed by atoms with Gasteiger partial charge in [-0.25, -0.2) is 14.4 Å². The van der Waals surface area contributed by atoms with Gasteiger partial charge in [-0.3, -0.25) is 10.1 Å². The van der Waals surface area contributed by atoms with Gasteiger partial charge in [-0.05, 0) is 44.4 Å². The van der Waals surface area contributed by atoms with Crippen LogP contribution >= 0.6 is 0 Å². The lowest BCUT2D eigenvalue weighted by Gasteiger charge is -2.30. The fraction of sp³-hybridized carbons (Fsp3) is 0.375. The predicted octanol–water partition coefficient (Wildman–Crippen LogP) is 3.21. The lowest BCUT2D eigenvalue weighted by Crippen LogP contribution is -2.47. The molecule has 1 unspecified atom stereocenters. The zero-order valence-corrected chi connectivity index (χ0v) is 19.7. The van der Waals surface area contributed by atoms with E-state index in [4.69, 9.17) is 13.9 Å². The molecule has 2 aromatic rings. The van der Waals surface area contributed by atoms with Crippen LogP contribution in [-0.2, 0) is 14.3 Å². The minimum absolute atomic E-state index is 0.0227. The molecule has 1 atom stereocenters. The Balaban J connectivity index is 1.64. The van der Waals surface area contributed by atoms with Crippen molar-refractivity contribution >= 4 is 29.3 Å². The summed E-state index contributed by atoms with van der Waals surface area (Å²) in [6, 6.07) is 5.69. The number of carbonyl (C=O) groups excluding carboxylic acids is 3. The first-order valence-corrected chi connectivity index (χ1v) is 11.6. The van der Waals surface area contributed by atoms with Crippen molar-refractivity contribution in [1.29, 1.82) is 0 Å². The summed E-state index contributed by atoms with van der Waals surface area (Å²) in [4.78, 5) is 51.0. The highest BCUT2D eigenvalue weighted by atomic mass is 16.6. The van der Waals surface area contributed by atoms with E-state index in [0.717, 1.165) is 19.3 Å². The summed E-state index contributed by atoms with van der Waals surface area (Å²) in [5, 5.41) is 16.5. The van der Waals surface area contributed by atoms with Crippen LogP contribution in [0.2, 0.25) is 0 Å². The zero-order valence-electron chi connectivity index (χ0n) is 19.7. The number of nitro groups is 1. The second-order valence-electron chi connectivity index (χ2n) is 8.24. The molecule has 2 aliphatic heterocycles. The number of ether oxygens (including phenoxy) is 2. The first kappa shape index (κ1) is 24.8. The van der Waals surface area contributed by atoms with Crippen LogP contribution in [0.3, 0.4) is 0 Å². The summed E-state index contributed by atoms with van der Waals surface area (Å²) in [7, 11) is 0. The van der Waals surface area contributed by atoms with Crippen LogP contribution in [-0.4, -0.2) is 49.2 Å². The highest BCUT2D eigenvalue weighted by Crippen LogP contribution is 2.30. The molecule has 2 N–H and O–H groups in total. The summed E-state index contributed by atoms with van der Waals surface area (Å²) < 4.78 is 16.0. The van der Waals surface area contributed by atoms with E-state index < -0.39 is 35.5 Å². The average molecular weight is 498 g/mol. The number of carbonyl (C=O) groups is 3. The molecule has 2 amide bonds. The third-order valence-corrected chi connectivity index (χ3v) is 5.93. The first-order valence-electron chi connectivity index (χ1n) is 11.6. The van der Waals surface area contributed by atoms with Gasteiger partial charge in [0.2, 0.25) is 0 Å². The highest BCUT2D eigenvalue weighted by molar-refractivity contribution is 5.98. The van der Waals surface area contributed by atoms with Crippen molar-refractivity contribution in [2.75, 3.05) is 31.2 Å². The topological polar surface area (TPSA) is 153 Å². The van der Waals surface area contributed by atoms with E-state index in [1.807, 2.05) is 4.90 Å². The number of amides is 2. The van der Waals surface area contributed by atoms with Crippen molar-refractivity contribution < 1.29 is 33.2 Å². The smallest absolute Gasteiger partial charge is 0.340 e. The quantitative estimate of drug-likeness (QED) is 0.317. The number of anilines is 1. The second kappa shape index (κ2) is 10.9. The summed E-state index contributed by atoms with van der Waals surface area (Å²) in [5.41, 5.74) is 0.369. The molecule has 0 saturated carbocycles. The van der Waals surface area contributed by atoms with Crippen molar-refractivity contribution in [3.05, 3.63) is 69.3 Å². The molecule has 1 fully saturated rings. The third-order valence-electron chi connectivity index (χ3n) is 5.93.